The molecule has 0 aliphatic carbocycles. The molecule has 0 aromatic carbocycles. The number of hydrogen-bond acceptors (Lipinski definition) is 3. The van der Waals surface area contributed by atoms with Crippen molar-refractivity contribution in [1.82, 2.24) is 0 Å². The van der Waals surface area contributed by atoms with Gasteiger partial charge in [-0.25, -0.2) is 0 Å². The van der Waals surface area contributed by atoms with Crippen molar-refractivity contribution in [1.29, 1.82) is 0 Å². The van der Waals surface area contributed by atoms with Crippen molar-refractivity contribution >= 4 is 5.78 Å². The van der Waals surface area contributed by atoms with Gasteiger partial charge in [-0.3, -0.25) is 4.79 Å². The molecule has 1 atom stereocenters. The van der Waals surface area contributed by atoms with Gasteiger partial charge in [-0.05, 0) is 26.2 Å². The molecule has 12 heavy (non-hydrogen) atoms. The molecule has 1 rings (SSSR count). The molecule has 1 heterocycles. The first-order valence-electron chi connectivity index (χ1n) is 4.35. The normalized spacial score (nSPS) is 30.2. The molecule has 3 heteroatoms. The van der Waals surface area contributed by atoms with Crippen LogP contribution in [-0.2, 0) is 14.3 Å². The highest BCUT2D eigenvalue weighted by atomic mass is 16.5. The van der Waals surface area contributed by atoms with E-state index in [-0.39, 0.29) is 5.78 Å². The Bertz CT molecular complexity index is 154. The van der Waals surface area contributed by atoms with Gasteiger partial charge in [0.15, 0.2) is 5.78 Å². The second-order valence-corrected chi connectivity index (χ2v) is 3.29. The molecule has 0 bridgehead atoms. The highest BCUT2D eigenvalue weighted by molar-refractivity contribution is 5.85. The van der Waals surface area contributed by atoms with E-state index in [9.17, 15) is 4.79 Å². The summed E-state index contributed by atoms with van der Waals surface area (Å²) >= 11 is 0. The molecule has 0 N–H and O–H groups in total. The van der Waals surface area contributed by atoms with Gasteiger partial charge in [0, 0.05) is 13.7 Å². The number of ether oxygens (including phenoxy) is 2. The third kappa shape index (κ3) is 1.84. The van der Waals surface area contributed by atoms with Crippen molar-refractivity contribution in [3.05, 3.63) is 0 Å². The molecule has 70 valence electrons. The van der Waals surface area contributed by atoms with Gasteiger partial charge in [-0.15, -0.1) is 0 Å². The Hall–Kier alpha value is -0.410. The Morgan fingerprint density at radius 2 is 2.33 bits per heavy atom. The molecule has 1 aliphatic rings. The zero-order chi connectivity index (χ0) is 9.03. The fourth-order valence-electron chi connectivity index (χ4n) is 1.58. The summed E-state index contributed by atoms with van der Waals surface area (Å²) in [6.07, 6.45) is 2.91. The summed E-state index contributed by atoms with van der Waals surface area (Å²) < 4.78 is 10.5. The second-order valence-electron chi connectivity index (χ2n) is 3.29. The molecule has 0 amide bonds. The summed E-state index contributed by atoms with van der Waals surface area (Å²) in [7, 11) is 1.60. The Kier molecular flexibility index (Phi) is 3.23. The number of hydrogen-bond donors (Lipinski definition) is 0. The summed E-state index contributed by atoms with van der Waals surface area (Å²) in [5.41, 5.74) is -0.632. The maximum absolute atomic E-state index is 11.3. The third-order valence-electron chi connectivity index (χ3n) is 2.37. The first-order chi connectivity index (χ1) is 5.71. The van der Waals surface area contributed by atoms with Gasteiger partial charge in [0.1, 0.15) is 5.60 Å². The Labute approximate surface area is 73.0 Å². The summed E-state index contributed by atoms with van der Waals surface area (Å²) in [5, 5.41) is 0. The number of rotatable bonds is 3. The van der Waals surface area contributed by atoms with E-state index in [1.807, 2.05) is 0 Å². The van der Waals surface area contributed by atoms with Gasteiger partial charge in [0.25, 0.3) is 0 Å². The Balaban J connectivity index is 2.63. The van der Waals surface area contributed by atoms with E-state index in [4.69, 9.17) is 9.47 Å². The van der Waals surface area contributed by atoms with E-state index in [1.54, 1.807) is 14.0 Å². The van der Waals surface area contributed by atoms with Crippen LogP contribution in [0.5, 0.6) is 0 Å². The minimum Gasteiger partial charge on any atom is -0.381 e. The van der Waals surface area contributed by atoms with Crippen LogP contribution in [0.2, 0.25) is 0 Å². The van der Waals surface area contributed by atoms with Gasteiger partial charge in [0.2, 0.25) is 0 Å². The molecule has 1 saturated heterocycles. The van der Waals surface area contributed by atoms with Crippen LogP contribution in [0.1, 0.15) is 26.2 Å². The quantitative estimate of drug-likeness (QED) is 0.641. The number of methoxy groups -OCH3 is 1. The predicted octanol–water partition coefficient (Wildman–Crippen LogP) is 1.16. The first-order valence-corrected chi connectivity index (χ1v) is 4.35. The molecular formula is C9H16O3. The highest BCUT2D eigenvalue weighted by Gasteiger charge is 2.38. The molecule has 1 fully saturated rings. The SMILES string of the molecule is COCC1(C(C)=O)CCCCO1. The van der Waals surface area contributed by atoms with E-state index in [0.717, 1.165) is 19.3 Å². The lowest BCUT2D eigenvalue weighted by atomic mass is 9.91. The number of carbonyl (C=O) groups excluding carboxylic acids is 1. The number of ketones is 1. The minimum absolute atomic E-state index is 0.0871. The van der Waals surface area contributed by atoms with Crippen LogP contribution < -0.4 is 0 Å². The van der Waals surface area contributed by atoms with Gasteiger partial charge >= 0.3 is 0 Å². The monoisotopic (exact) mass is 172 g/mol. The van der Waals surface area contributed by atoms with Crippen molar-refractivity contribution in [2.45, 2.75) is 31.8 Å². The average Bonchev–Trinajstić information content (AvgIpc) is 2.06. The van der Waals surface area contributed by atoms with Crippen LogP contribution in [0, 0.1) is 0 Å². The van der Waals surface area contributed by atoms with Crippen molar-refractivity contribution in [2.75, 3.05) is 20.3 Å². The lowest BCUT2D eigenvalue weighted by Crippen LogP contribution is -2.46. The highest BCUT2D eigenvalue weighted by Crippen LogP contribution is 2.26. The zero-order valence-corrected chi connectivity index (χ0v) is 7.76. The molecule has 3 nitrogen and oxygen atoms in total. The Morgan fingerprint density at radius 3 is 2.75 bits per heavy atom. The van der Waals surface area contributed by atoms with E-state index in [0.29, 0.717) is 13.2 Å². The van der Waals surface area contributed by atoms with Crippen molar-refractivity contribution in [3.8, 4) is 0 Å². The van der Waals surface area contributed by atoms with Gasteiger partial charge in [-0.1, -0.05) is 0 Å². The predicted molar refractivity (Wildman–Crippen MR) is 45.1 cm³/mol. The Morgan fingerprint density at radius 1 is 1.58 bits per heavy atom. The molecule has 0 aromatic rings. The number of carbonyl (C=O) groups is 1. The van der Waals surface area contributed by atoms with Gasteiger partial charge in [0.05, 0.1) is 6.61 Å². The topological polar surface area (TPSA) is 35.5 Å². The maximum Gasteiger partial charge on any atom is 0.163 e. The fraction of sp³-hybridized carbons (Fsp3) is 0.889. The van der Waals surface area contributed by atoms with Crippen LogP contribution in [0.15, 0.2) is 0 Å². The summed E-state index contributed by atoms with van der Waals surface area (Å²) in [6, 6.07) is 0. The van der Waals surface area contributed by atoms with E-state index < -0.39 is 5.60 Å². The maximum atomic E-state index is 11.3. The molecule has 0 saturated carbocycles. The van der Waals surface area contributed by atoms with Crippen molar-refractivity contribution in [2.24, 2.45) is 0 Å². The average molecular weight is 172 g/mol. The van der Waals surface area contributed by atoms with Crippen LogP contribution in [0.3, 0.4) is 0 Å². The van der Waals surface area contributed by atoms with Crippen LogP contribution in [-0.4, -0.2) is 31.7 Å². The van der Waals surface area contributed by atoms with E-state index in [1.165, 1.54) is 0 Å². The standard InChI is InChI=1S/C9H16O3/c1-8(10)9(7-11-2)5-3-4-6-12-9/h3-7H2,1-2H3. The molecule has 0 aromatic heterocycles. The van der Waals surface area contributed by atoms with Gasteiger partial charge < -0.3 is 9.47 Å². The van der Waals surface area contributed by atoms with Crippen molar-refractivity contribution < 1.29 is 14.3 Å². The molecule has 1 unspecified atom stereocenters. The lowest BCUT2D eigenvalue weighted by Gasteiger charge is -2.34. The molecule has 0 spiro atoms. The molecule has 0 radical (unpaired) electrons. The second kappa shape index (κ2) is 4.01. The molecular weight excluding hydrogens is 156 g/mol. The van der Waals surface area contributed by atoms with Crippen molar-refractivity contribution in [3.63, 3.8) is 0 Å². The van der Waals surface area contributed by atoms with Crippen LogP contribution in [0.4, 0.5) is 0 Å². The number of Topliss-reactive ketones (excluding diaryl/α,β-unsaturated/α-hetero) is 1. The lowest BCUT2D eigenvalue weighted by molar-refractivity contribution is -0.158. The van der Waals surface area contributed by atoms with E-state index in [2.05, 4.69) is 0 Å². The van der Waals surface area contributed by atoms with E-state index >= 15 is 0 Å². The smallest absolute Gasteiger partial charge is 0.163 e. The van der Waals surface area contributed by atoms with Crippen LogP contribution in [0.25, 0.3) is 0 Å². The minimum atomic E-state index is -0.632. The third-order valence-corrected chi connectivity index (χ3v) is 2.37. The molecule has 1 aliphatic heterocycles. The first kappa shape index (κ1) is 9.68. The summed E-state index contributed by atoms with van der Waals surface area (Å²) in [5.74, 6) is 0.0871. The zero-order valence-electron chi connectivity index (χ0n) is 7.76. The fourth-order valence-corrected chi connectivity index (χ4v) is 1.58. The van der Waals surface area contributed by atoms with Gasteiger partial charge in [-0.2, -0.15) is 0 Å². The van der Waals surface area contributed by atoms with Crippen LogP contribution >= 0.6 is 0 Å². The largest absolute Gasteiger partial charge is 0.381 e. The summed E-state index contributed by atoms with van der Waals surface area (Å²) in [4.78, 5) is 11.3. The summed E-state index contributed by atoms with van der Waals surface area (Å²) in [6.45, 7) is 2.65.